The normalized spacial score (nSPS) is 11.3. The van der Waals surface area contributed by atoms with Crippen LogP contribution < -0.4 is 5.32 Å². The van der Waals surface area contributed by atoms with Gasteiger partial charge >= 0.3 is 0 Å². The van der Waals surface area contributed by atoms with E-state index in [1.54, 1.807) is 24.3 Å². The van der Waals surface area contributed by atoms with Crippen LogP contribution in [0.2, 0.25) is 5.02 Å². The lowest BCUT2D eigenvalue weighted by Gasteiger charge is -2.19. The number of nitrogens with one attached hydrogen (secondary N) is 1. The molecule has 2 aromatic rings. The summed E-state index contributed by atoms with van der Waals surface area (Å²) in [7, 11) is 0. The Hall–Kier alpha value is -1.94. The summed E-state index contributed by atoms with van der Waals surface area (Å²) in [5.41, 5.74) is 0.571. The van der Waals surface area contributed by atoms with Crippen LogP contribution in [0, 0.1) is 11.2 Å². The van der Waals surface area contributed by atoms with E-state index >= 15 is 0 Å². The standard InChI is InChI=1S/C16H16ClFN2O/c1-16(2,3)15(21)20-12-7-5-4-6-10(12)14-13(18)11(17)8-9-19-14/h4-9H,1-3H3,(H,20,21). The predicted octanol–water partition coefficient (Wildman–Crippen LogP) is 4.53. The van der Waals surface area contributed by atoms with Gasteiger partial charge in [-0.25, -0.2) is 4.39 Å². The molecular weight excluding hydrogens is 291 g/mol. The molecule has 1 aromatic carbocycles. The summed E-state index contributed by atoms with van der Waals surface area (Å²) in [4.78, 5) is 16.1. The van der Waals surface area contributed by atoms with Crippen LogP contribution in [0.3, 0.4) is 0 Å². The Morgan fingerprint density at radius 1 is 1.24 bits per heavy atom. The van der Waals surface area contributed by atoms with E-state index in [0.717, 1.165) is 0 Å². The number of carbonyl (C=O) groups excluding carboxylic acids is 1. The lowest BCUT2D eigenvalue weighted by atomic mass is 9.95. The summed E-state index contributed by atoms with van der Waals surface area (Å²) < 4.78 is 14.1. The third-order valence-corrected chi connectivity index (χ3v) is 3.25. The lowest BCUT2D eigenvalue weighted by molar-refractivity contribution is -0.123. The Labute approximate surface area is 128 Å². The number of benzene rings is 1. The zero-order chi connectivity index (χ0) is 15.6. The Morgan fingerprint density at radius 3 is 2.57 bits per heavy atom. The van der Waals surface area contributed by atoms with Gasteiger partial charge in [0.2, 0.25) is 5.91 Å². The van der Waals surface area contributed by atoms with Crippen molar-refractivity contribution in [1.82, 2.24) is 4.98 Å². The van der Waals surface area contributed by atoms with Gasteiger partial charge in [0.25, 0.3) is 0 Å². The van der Waals surface area contributed by atoms with Crippen LogP contribution in [0.15, 0.2) is 36.5 Å². The van der Waals surface area contributed by atoms with Crippen molar-refractivity contribution < 1.29 is 9.18 Å². The first-order valence-corrected chi connectivity index (χ1v) is 6.89. The van der Waals surface area contributed by atoms with Crippen molar-refractivity contribution in [3.63, 3.8) is 0 Å². The molecule has 1 amide bonds. The Bertz CT molecular complexity index is 680. The molecule has 110 valence electrons. The monoisotopic (exact) mass is 306 g/mol. The molecule has 0 unspecified atom stereocenters. The number of hydrogen-bond acceptors (Lipinski definition) is 2. The number of nitrogens with zero attached hydrogens (tertiary/aromatic N) is 1. The second-order valence-electron chi connectivity index (χ2n) is 5.71. The second kappa shape index (κ2) is 5.82. The molecule has 1 aromatic heterocycles. The summed E-state index contributed by atoms with van der Waals surface area (Å²) >= 11 is 5.79. The van der Waals surface area contributed by atoms with Crippen molar-refractivity contribution in [3.8, 4) is 11.3 Å². The maximum atomic E-state index is 14.1. The van der Waals surface area contributed by atoms with Gasteiger partial charge in [-0.15, -0.1) is 0 Å². The van der Waals surface area contributed by atoms with Gasteiger partial charge in [-0.3, -0.25) is 9.78 Å². The number of para-hydroxylation sites is 1. The molecule has 0 saturated carbocycles. The first-order chi connectivity index (χ1) is 9.80. The van der Waals surface area contributed by atoms with E-state index in [2.05, 4.69) is 10.3 Å². The molecule has 0 aliphatic carbocycles. The van der Waals surface area contributed by atoms with Crippen molar-refractivity contribution >= 4 is 23.2 Å². The number of rotatable bonds is 2. The quantitative estimate of drug-likeness (QED) is 0.886. The van der Waals surface area contributed by atoms with Crippen LogP contribution in [0.25, 0.3) is 11.3 Å². The van der Waals surface area contributed by atoms with E-state index < -0.39 is 11.2 Å². The topological polar surface area (TPSA) is 42.0 Å². The molecule has 0 atom stereocenters. The van der Waals surface area contributed by atoms with E-state index in [4.69, 9.17) is 11.6 Å². The van der Waals surface area contributed by atoms with E-state index in [0.29, 0.717) is 11.3 Å². The largest absolute Gasteiger partial charge is 0.325 e. The molecular formula is C16H16ClFN2O. The molecule has 1 N–H and O–H groups in total. The fourth-order valence-corrected chi connectivity index (χ4v) is 1.86. The third kappa shape index (κ3) is 3.39. The highest BCUT2D eigenvalue weighted by Gasteiger charge is 2.23. The number of carbonyl (C=O) groups is 1. The van der Waals surface area contributed by atoms with E-state index in [1.807, 2.05) is 20.8 Å². The SMILES string of the molecule is CC(C)(C)C(=O)Nc1ccccc1-c1nccc(Cl)c1F. The minimum Gasteiger partial charge on any atom is -0.325 e. The minimum absolute atomic E-state index is 0.00282. The zero-order valence-electron chi connectivity index (χ0n) is 12.1. The predicted molar refractivity (Wildman–Crippen MR) is 82.7 cm³/mol. The molecule has 0 bridgehead atoms. The first-order valence-electron chi connectivity index (χ1n) is 6.51. The van der Waals surface area contributed by atoms with Crippen molar-refractivity contribution in [2.75, 3.05) is 5.32 Å². The maximum Gasteiger partial charge on any atom is 0.229 e. The summed E-state index contributed by atoms with van der Waals surface area (Å²) in [5, 5.41) is 2.80. The van der Waals surface area contributed by atoms with E-state index in [1.165, 1.54) is 12.3 Å². The van der Waals surface area contributed by atoms with Crippen LogP contribution in [0.4, 0.5) is 10.1 Å². The molecule has 3 nitrogen and oxygen atoms in total. The van der Waals surface area contributed by atoms with Crippen molar-refractivity contribution in [2.45, 2.75) is 20.8 Å². The summed E-state index contributed by atoms with van der Waals surface area (Å²) in [6.07, 6.45) is 1.43. The number of aromatic nitrogens is 1. The fraction of sp³-hybridized carbons (Fsp3) is 0.250. The average molecular weight is 307 g/mol. The molecule has 2 rings (SSSR count). The molecule has 0 radical (unpaired) electrons. The molecule has 0 spiro atoms. The molecule has 1 heterocycles. The molecule has 5 heteroatoms. The smallest absolute Gasteiger partial charge is 0.229 e. The van der Waals surface area contributed by atoms with Gasteiger partial charge in [-0.1, -0.05) is 50.6 Å². The number of halogens is 2. The minimum atomic E-state index is -0.600. The Morgan fingerprint density at radius 2 is 1.90 bits per heavy atom. The van der Waals surface area contributed by atoms with Crippen LogP contribution in [-0.4, -0.2) is 10.9 Å². The second-order valence-corrected chi connectivity index (χ2v) is 6.11. The molecule has 0 fully saturated rings. The first kappa shape index (κ1) is 15.4. The fourth-order valence-electron chi connectivity index (χ4n) is 1.72. The third-order valence-electron chi connectivity index (χ3n) is 2.95. The van der Waals surface area contributed by atoms with Gasteiger partial charge in [0, 0.05) is 17.2 Å². The summed E-state index contributed by atoms with van der Waals surface area (Å²) in [6, 6.07) is 8.31. The average Bonchev–Trinajstić information content (AvgIpc) is 2.42. The summed E-state index contributed by atoms with van der Waals surface area (Å²) in [5.74, 6) is -0.756. The van der Waals surface area contributed by atoms with Crippen LogP contribution in [-0.2, 0) is 4.79 Å². The number of hydrogen-bond donors (Lipinski definition) is 1. The van der Waals surface area contributed by atoms with Gasteiger partial charge < -0.3 is 5.32 Å². The highest BCUT2D eigenvalue weighted by atomic mass is 35.5. The van der Waals surface area contributed by atoms with Gasteiger partial charge in [-0.2, -0.15) is 0 Å². The molecule has 0 aliphatic heterocycles. The van der Waals surface area contributed by atoms with Gasteiger partial charge in [0.15, 0.2) is 5.82 Å². The van der Waals surface area contributed by atoms with Crippen molar-refractivity contribution in [1.29, 1.82) is 0 Å². The van der Waals surface area contributed by atoms with Crippen LogP contribution >= 0.6 is 11.6 Å². The van der Waals surface area contributed by atoms with Crippen molar-refractivity contribution in [3.05, 3.63) is 47.4 Å². The van der Waals surface area contributed by atoms with Crippen molar-refractivity contribution in [2.24, 2.45) is 5.41 Å². The Balaban J connectivity index is 2.47. The highest BCUT2D eigenvalue weighted by Crippen LogP contribution is 2.31. The molecule has 0 saturated heterocycles. The highest BCUT2D eigenvalue weighted by molar-refractivity contribution is 6.31. The number of pyridine rings is 1. The Kier molecular flexibility index (Phi) is 4.28. The van der Waals surface area contributed by atoms with E-state index in [-0.39, 0.29) is 16.6 Å². The van der Waals surface area contributed by atoms with Gasteiger partial charge in [0.1, 0.15) is 5.69 Å². The molecule has 21 heavy (non-hydrogen) atoms. The lowest BCUT2D eigenvalue weighted by Crippen LogP contribution is -2.27. The summed E-state index contributed by atoms with van der Waals surface area (Å²) in [6.45, 7) is 5.43. The van der Waals surface area contributed by atoms with Crippen LogP contribution in [0.5, 0.6) is 0 Å². The van der Waals surface area contributed by atoms with Gasteiger partial charge in [-0.05, 0) is 12.1 Å². The zero-order valence-corrected chi connectivity index (χ0v) is 12.8. The number of anilines is 1. The molecule has 0 aliphatic rings. The van der Waals surface area contributed by atoms with Gasteiger partial charge in [0.05, 0.1) is 10.7 Å². The number of amides is 1. The maximum absolute atomic E-state index is 14.1. The van der Waals surface area contributed by atoms with Crippen LogP contribution in [0.1, 0.15) is 20.8 Å². The van der Waals surface area contributed by atoms with E-state index in [9.17, 15) is 9.18 Å².